The fourth-order valence-corrected chi connectivity index (χ4v) is 2.80. The minimum absolute atomic E-state index is 0.0653. The second kappa shape index (κ2) is 3.24. The Hall–Kier alpha value is -2.06. The summed E-state index contributed by atoms with van der Waals surface area (Å²) in [6.07, 6.45) is 1.91. The number of carbonyl (C=O) groups excluding carboxylic acids is 1. The Labute approximate surface area is 109 Å². The number of benzene rings is 2. The van der Waals surface area contributed by atoms with Crippen molar-refractivity contribution in [2.45, 2.75) is 0 Å². The number of hydrogen-bond acceptors (Lipinski definition) is 1. The smallest absolute Gasteiger partial charge is 0.263 e. The molecular weight excluding hydrogens is 246 g/mol. The molecule has 3 heterocycles. The van der Waals surface area contributed by atoms with Gasteiger partial charge in [0.15, 0.2) is 0 Å². The van der Waals surface area contributed by atoms with E-state index in [9.17, 15) is 4.79 Å². The average molecular weight is 254 g/mol. The van der Waals surface area contributed by atoms with Gasteiger partial charge in [-0.05, 0) is 35.9 Å². The SMILES string of the molecule is O=C1C(=Cc2cccc(Cl)c2)c2c3cccc2N13. The minimum Gasteiger partial charge on any atom is -0.276 e. The predicted molar refractivity (Wildman–Crippen MR) is 72.9 cm³/mol. The Morgan fingerprint density at radius 3 is 2.44 bits per heavy atom. The summed E-state index contributed by atoms with van der Waals surface area (Å²) in [6, 6.07) is 13.4. The molecule has 2 aromatic rings. The summed E-state index contributed by atoms with van der Waals surface area (Å²) in [6.45, 7) is 0. The second-order valence-corrected chi connectivity index (χ2v) is 4.86. The molecule has 2 nitrogen and oxygen atoms in total. The van der Waals surface area contributed by atoms with Crippen molar-refractivity contribution >= 4 is 40.5 Å². The maximum atomic E-state index is 12.2. The summed E-state index contributed by atoms with van der Waals surface area (Å²) in [5.74, 6) is 0.0653. The van der Waals surface area contributed by atoms with E-state index in [4.69, 9.17) is 11.6 Å². The lowest BCUT2D eigenvalue weighted by Crippen LogP contribution is -2.22. The average Bonchev–Trinajstić information content (AvgIpc) is 2.80. The maximum Gasteiger partial charge on any atom is 0.263 e. The van der Waals surface area contributed by atoms with Crippen molar-refractivity contribution in [1.82, 2.24) is 0 Å². The van der Waals surface area contributed by atoms with Crippen molar-refractivity contribution in [3.05, 3.63) is 58.6 Å². The lowest BCUT2D eigenvalue weighted by atomic mass is 10.0. The lowest BCUT2D eigenvalue weighted by molar-refractivity contribution is -0.112. The van der Waals surface area contributed by atoms with Crippen LogP contribution in [-0.2, 0) is 4.79 Å². The molecule has 0 saturated carbocycles. The highest BCUT2D eigenvalue weighted by molar-refractivity contribution is 6.45. The van der Waals surface area contributed by atoms with E-state index in [-0.39, 0.29) is 5.91 Å². The van der Waals surface area contributed by atoms with Crippen LogP contribution in [0, 0.1) is 0 Å². The molecule has 1 amide bonds. The van der Waals surface area contributed by atoms with Gasteiger partial charge in [0.1, 0.15) is 0 Å². The molecule has 5 rings (SSSR count). The highest BCUT2D eigenvalue weighted by Gasteiger charge is 2.45. The van der Waals surface area contributed by atoms with Gasteiger partial charge in [0.25, 0.3) is 5.91 Å². The van der Waals surface area contributed by atoms with Gasteiger partial charge in [0.05, 0.1) is 16.9 Å². The van der Waals surface area contributed by atoms with Crippen molar-refractivity contribution in [1.29, 1.82) is 0 Å². The number of halogens is 1. The van der Waals surface area contributed by atoms with E-state index < -0.39 is 0 Å². The third kappa shape index (κ3) is 1.11. The van der Waals surface area contributed by atoms with Crippen LogP contribution in [0.2, 0.25) is 5.02 Å². The van der Waals surface area contributed by atoms with Gasteiger partial charge < -0.3 is 0 Å². The van der Waals surface area contributed by atoms with E-state index in [0.29, 0.717) is 5.02 Å². The summed E-state index contributed by atoms with van der Waals surface area (Å²) in [5, 5.41) is 0.680. The van der Waals surface area contributed by atoms with Crippen molar-refractivity contribution in [2.24, 2.45) is 0 Å². The molecular formula is C15H8ClNO. The molecule has 0 saturated heterocycles. The van der Waals surface area contributed by atoms with Crippen LogP contribution in [0.3, 0.4) is 0 Å². The van der Waals surface area contributed by atoms with Gasteiger partial charge in [0, 0.05) is 10.6 Å². The number of amides is 1. The number of fused-ring (bicyclic) bond motifs is 1. The van der Waals surface area contributed by atoms with Crippen molar-refractivity contribution in [2.75, 3.05) is 4.90 Å². The Kier molecular flexibility index (Phi) is 1.78. The normalized spacial score (nSPS) is 17.3. The fraction of sp³-hybridized carbons (Fsp3) is 0. The summed E-state index contributed by atoms with van der Waals surface area (Å²) in [4.78, 5) is 13.9. The zero-order valence-corrected chi connectivity index (χ0v) is 10.1. The maximum absolute atomic E-state index is 12.2. The molecule has 3 heteroatoms. The van der Waals surface area contributed by atoms with Gasteiger partial charge >= 0.3 is 0 Å². The molecule has 0 aliphatic carbocycles. The van der Waals surface area contributed by atoms with E-state index in [1.165, 1.54) is 0 Å². The third-order valence-corrected chi connectivity index (χ3v) is 3.60. The topological polar surface area (TPSA) is 20.3 Å². The van der Waals surface area contributed by atoms with E-state index in [1.807, 2.05) is 48.5 Å². The molecule has 0 spiro atoms. The van der Waals surface area contributed by atoms with Crippen molar-refractivity contribution in [3.8, 4) is 0 Å². The van der Waals surface area contributed by atoms with Gasteiger partial charge in [-0.1, -0.05) is 29.8 Å². The molecule has 3 aliphatic rings. The Morgan fingerprint density at radius 2 is 1.78 bits per heavy atom. The predicted octanol–water partition coefficient (Wildman–Crippen LogP) is 3.87. The summed E-state index contributed by atoms with van der Waals surface area (Å²) in [5.41, 5.74) is 4.83. The van der Waals surface area contributed by atoms with E-state index in [0.717, 1.165) is 28.1 Å². The minimum atomic E-state index is 0.0653. The molecule has 0 N–H and O–H groups in total. The first kappa shape index (κ1) is 9.92. The van der Waals surface area contributed by atoms with E-state index in [2.05, 4.69) is 0 Å². The zero-order chi connectivity index (χ0) is 12.3. The van der Waals surface area contributed by atoms with Crippen molar-refractivity contribution < 1.29 is 4.79 Å². The molecule has 0 aromatic heterocycles. The second-order valence-electron chi connectivity index (χ2n) is 4.42. The Bertz CT molecular complexity index is 711. The lowest BCUT2D eigenvalue weighted by Gasteiger charge is -2.25. The standard InChI is InChI=1S/C15H8ClNO/c16-10-4-1-3-9(7-10)8-11-14-12-5-2-6-13(14)17(12)15(11)18/h1-8H. The Morgan fingerprint density at radius 1 is 1.06 bits per heavy atom. The van der Waals surface area contributed by atoms with Crippen LogP contribution in [0.25, 0.3) is 11.6 Å². The van der Waals surface area contributed by atoms with Crippen LogP contribution < -0.4 is 4.90 Å². The molecule has 18 heavy (non-hydrogen) atoms. The molecule has 3 aliphatic heterocycles. The summed E-state index contributed by atoms with van der Waals surface area (Å²) < 4.78 is 0. The molecule has 0 unspecified atom stereocenters. The molecule has 0 fully saturated rings. The highest BCUT2D eigenvalue weighted by atomic mass is 35.5. The molecule has 4 bridgehead atoms. The van der Waals surface area contributed by atoms with Crippen LogP contribution in [-0.4, -0.2) is 5.91 Å². The van der Waals surface area contributed by atoms with Gasteiger partial charge in [-0.3, -0.25) is 9.69 Å². The number of carbonyl (C=O) groups is 1. The first-order valence-electron chi connectivity index (χ1n) is 5.71. The molecule has 0 atom stereocenters. The van der Waals surface area contributed by atoms with E-state index >= 15 is 0 Å². The first-order chi connectivity index (χ1) is 8.75. The quantitative estimate of drug-likeness (QED) is 0.707. The van der Waals surface area contributed by atoms with Crippen LogP contribution >= 0.6 is 11.6 Å². The summed E-state index contributed by atoms with van der Waals surface area (Å²) >= 11 is 5.95. The van der Waals surface area contributed by atoms with E-state index in [1.54, 1.807) is 4.90 Å². The van der Waals surface area contributed by atoms with Crippen molar-refractivity contribution in [3.63, 3.8) is 0 Å². The van der Waals surface area contributed by atoms with Crippen LogP contribution in [0.15, 0.2) is 42.5 Å². The van der Waals surface area contributed by atoms with Gasteiger partial charge in [0.2, 0.25) is 0 Å². The number of rotatable bonds is 1. The molecule has 86 valence electrons. The molecule has 0 radical (unpaired) electrons. The van der Waals surface area contributed by atoms with Gasteiger partial charge in [-0.25, -0.2) is 0 Å². The zero-order valence-electron chi connectivity index (χ0n) is 9.35. The van der Waals surface area contributed by atoms with Crippen LogP contribution in [0.5, 0.6) is 0 Å². The van der Waals surface area contributed by atoms with Crippen LogP contribution in [0.1, 0.15) is 11.1 Å². The monoisotopic (exact) mass is 253 g/mol. The number of hydrogen-bond donors (Lipinski definition) is 0. The van der Waals surface area contributed by atoms with Gasteiger partial charge in [-0.15, -0.1) is 0 Å². The third-order valence-electron chi connectivity index (χ3n) is 3.36. The number of anilines is 2. The van der Waals surface area contributed by atoms with Crippen LogP contribution in [0.4, 0.5) is 11.4 Å². The molecule has 2 aromatic carbocycles. The first-order valence-corrected chi connectivity index (χ1v) is 6.08. The fourth-order valence-electron chi connectivity index (χ4n) is 2.60. The number of nitrogens with zero attached hydrogens (tertiary/aromatic N) is 1. The summed E-state index contributed by atoms with van der Waals surface area (Å²) in [7, 11) is 0. The highest BCUT2D eigenvalue weighted by Crippen LogP contribution is 2.56. The largest absolute Gasteiger partial charge is 0.276 e. The Balaban J connectivity index is 1.87. The van der Waals surface area contributed by atoms with Gasteiger partial charge in [-0.2, -0.15) is 0 Å².